The Balaban J connectivity index is -0.00000000364. The largest absolute Gasteiger partial charge is 2.00 e. The summed E-state index contributed by atoms with van der Waals surface area (Å²) in [5.74, 6) is 0. The monoisotopic (exact) mass is 454 g/mol. The predicted molar refractivity (Wildman–Crippen MR) is 61.4 cm³/mol. The van der Waals surface area contributed by atoms with Crippen LogP contribution in [0.4, 0.5) is 0 Å². The van der Waals surface area contributed by atoms with Gasteiger partial charge in [0.2, 0.25) is 0 Å². The van der Waals surface area contributed by atoms with E-state index in [1.54, 1.807) is 0 Å². The molecule has 0 aliphatic heterocycles. The van der Waals surface area contributed by atoms with Crippen LogP contribution in [-0.2, 0) is 9.13 Å². The van der Waals surface area contributed by atoms with Crippen molar-refractivity contribution in [3.8, 4) is 0 Å². The number of phosphoric acid groups is 2. The summed E-state index contributed by atoms with van der Waals surface area (Å²) in [5.41, 5.74) is 0. The van der Waals surface area contributed by atoms with Gasteiger partial charge in [-0.2, -0.15) is 15.6 Å². The van der Waals surface area contributed by atoms with E-state index < -0.39 is 15.6 Å². The van der Waals surface area contributed by atoms with Crippen molar-refractivity contribution < 1.29 is 82.3 Å². The van der Waals surface area contributed by atoms with Gasteiger partial charge in [-0.05, 0) is 0 Å². The zero-order valence-electron chi connectivity index (χ0n) is 10.3. The van der Waals surface area contributed by atoms with Crippen molar-refractivity contribution in [1.82, 2.24) is 0 Å². The number of hydrogen-bond donors (Lipinski definition) is 0. The van der Waals surface area contributed by atoms with Crippen molar-refractivity contribution in [3.05, 3.63) is 0 Å². The molecule has 0 saturated carbocycles. The van der Waals surface area contributed by atoms with Crippen LogP contribution < -0.4 is 29.4 Å². The van der Waals surface area contributed by atoms with E-state index in [4.69, 9.17) is 38.5 Å². The molecule has 0 heterocycles. The maximum atomic E-state index is 8.55. The minimum absolute atomic E-state index is 0. The van der Waals surface area contributed by atoms with Gasteiger partial charge in [-0.3, -0.25) is 0 Å². The second-order valence-corrected chi connectivity index (χ2v) is 2.68. The first-order chi connectivity index (χ1) is 4.00. The van der Waals surface area contributed by atoms with Crippen molar-refractivity contribution in [2.45, 2.75) is 0 Å². The van der Waals surface area contributed by atoms with Crippen LogP contribution in [0.25, 0.3) is 0 Å². The average molecular weight is 454 g/mol. The van der Waals surface area contributed by atoms with E-state index in [9.17, 15) is 0 Å². The van der Waals surface area contributed by atoms with Crippen LogP contribution in [0.15, 0.2) is 0 Å². The SMILES string of the molecule is O.O.O.O.O.O.O.O.O=P([O-])([O-])[O-].O=P([O-])([O-])[O-].[Ca+2].[Ca+2].[Ca+2]. The minimum atomic E-state index is -5.39. The number of rotatable bonds is 0. The van der Waals surface area contributed by atoms with Crippen LogP contribution in [0, 0.1) is 0 Å². The van der Waals surface area contributed by atoms with Crippen LogP contribution in [0.1, 0.15) is 0 Å². The fourth-order valence-corrected chi connectivity index (χ4v) is 0. The Hall–Kier alpha value is 3.68. The fraction of sp³-hybridized carbons (Fsp3) is 0. The predicted octanol–water partition coefficient (Wildman–Crippen LogP) is -13.4. The van der Waals surface area contributed by atoms with E-state index in [1.807, 2.05) is 0 Å². The second kappa shape index (κ2) is 49.5. The molecule has 16 N–H and O–H groups in total. The van der Waals surface area contributed by atoms with Gasteiger partial charge in [0, 0.05) is 0 Å². The van der Waals surface area contributed by atoms with Crippen molar-refractivity contribution in [2.75, 3.05) is 0 Å². The zero-order chi connectivity index (χ0) is 9.00. The standard InChI is InChI=1S/3Ca.2H3O4P.8H2O/c;;;2*1-5(2,3)4;;;;;;;;/h;;;2*(H3,1,2,3,4);8*1H2/q3*+2;;;;;;;;;;/p-6. The Labute approximate surface area is 207 Å². The Bertz CT molecular complexity index is 134. The van der Waals surface area contributed by atoms with Gasteiger partial charge >= 0.3 is 113 Å². The summed E-state index contributed by atoms with van der Waals surface area (Å²) < 4.78 is 17.1. The maximum absolute atomic E-state index is 8.55. The Morgan fingerprint density at radius 1 is 0.381 bits per heavy atom. The summed E-state index contributed by atoms with van der Waals surface area (Å²) in [4.78, 5) is 51.3. The Morgan fingerprint density at radius 3 is 0.381 bits per heavy atom. The van der Waals surface area contributed by atoms with Gasteiger partial charge < -0.3 is 82.3 Å². The van der Waals surface area contributed by atoms with Crippen molar-refractivity contribution >= 4 is 129 Å². The van der Waals surface area contributed by atoms with Gasteiger partial charge in [-0.1, -0.05) is 0 Å². The number of hydrogen-bond acceptors (Lipinski definition) is 8. The van der Waals surface area contributed by atoms with Crippen LogP contribution in [0.5, 0.6) is 0 Å². The summed E-state index contributed by atoms with van der Waals surface area (Å²) in [6.07, 6.45) is 0. The molecule has 0 unspecified atom stereocenters. The summed E-state index contributed by atoms with van der Waals surface area (Å²) in [5, 5.41) is 0. The molecule has 0 radical (unpaired) electrons. The van der Waals surface area contributed by atoms with Gasteiger partial charge in [0.25, 0.3) is 0 Å². The van der Waals surface area contributed by atoms with Crippen LogP contribution >= 0.6 is 15.6 Å². The third-order valence-corrected chi connectivity index (χ3v) is 0. The van der Waals surface area contributed by atoms with E-state index in [-0.39, 0.29) is 157 Å². The normalized spacial score (nSPS) is 5.62. The summed E-state index contributed by atoms with van der Waals surface area (Å²) >= 11 is 0. The topological polar surface area (TPSA) is 424 Å². The van der Waals surface area contributed by atoms with Gasteiger partial charge in [0.15, 0.2) is 0 Å². The molecule has 0 atom stereocenters. The summed E-state index contributed by atoms with van der Waals surface area (Å²) in [6, 6.07) is 0. The van der Waals surface area contributed by atoms with Crippen molar-refractivity contribution in [1.29, 1.82) is 0 Å². The van der Waals surface area contributed by atoms with Crippen LogP contribution in [0.3, 0.4) is 0 Å². The first-order valence-corrected chi connectivity index (χ1v) is 4.38. The van der Waals surface area contributed by atoms with Gasteiger partial charge in [0.1, 0.15) is 0 Å². The fourth-order valence-electron chi connectivity index (χ4n) is 0. The quantitative estimate of drug-likeness (QED) is 0.249. The molecule has 128 valence electrons. The third-order valence-electron chi connectivity index (χ3n) is 0. The molecule has 0 bridgehead atoms. The Kier molecular flexibility index (Phi) is 239. The molecule has 21 heteroatoms. The van der Waals surface area contributed by atoms with E-state index in [1.165, 1.54) is 0 Å². The molecule has 0 aliphatic rings. The van der Waals surface area contributed by atoms with Crippen molar-refractivity contribution in [2.24, 2.45) is 0 Å². The molecule has 0 amide bonds. The molecule has 0 aromatic rings. The molecular weight excluding hydrogens is 438 g/mol. The molecule has 0 aliphatic carbocycles. The Morgan fingerprint density at radius 2 is 0.381 bits per heavy atom. The van der Waals surface area contributed by atoms with Gasteiger partial charge in [-0.15, -0.1) is 0 Å². The van der Waals surface area contributed by atoms with E-state index in [0.29, 0.717) is 0 Å². The second-order valence-electron chi connectivity index (χ2n) is 0.894. The van der Waals surface area contributed by atoms with E-state index in [0.717, 1.165) is 0 Å². The van der Waals surface area contributed by atoms with Crippen LogP contribution in [-0.4, -0.2) is 157 Å². The molecule has 0 aromatic heterocycles. The molecule has 0 saturated heterocycles. The van der Waals surface area contributed by atoms with Gasteiger partial charge in [-0.25, -0.2) is 0 Å². The summed E-state index contributed by atoms with van der Waals surface area (Å²) in [6.45, 7) is 0. The molecule has 0 rings (SSSR count). The van der Waals surface area contributed by atoms with Gasteiger partial charge in [0.05, 0.1) is 0 Å². The molecule has 0 fully saturated rings. The summed E-state index contributed by atoms with van der Waals surface area (Å²) in [7, 11) is -10.8. The molecule has 16 nitrogen and oxygen atoms in total. The smallest absolute Gasteiger partial charge is 0.822 e. The zero-order valence-corrected chi connectivity index (χ0v) is 18.7. The first kappa shape index (κ1) is 101. The molecule has 0 spiro atoms. The molecule has 0 aromatic carbocycles. The molecular formula is H16Ca3O16P2. The maximum Gasteiger partial charge on any atom is 2.00 e. The third kappa shape index (κ3) is 822. The first-order valence-electron chi connectivity index (χ1n) is 1.46. The van der Waals surface area contributed by atoms with E-state index in [2.05, 4.69) is 0 Å². The van der Waals surface area contributed by atoms with Crippen LogP contribution in [0.2, 0.25) is 0 Å². The molecule has 21 heavy (non-hydrogen) atoms. The van der Waals surface area contributed by atoms with E-state index >= 15 is 0 Å². The average Bonchev–Trinajstić information content (AvgIpc) is 1.12. The van der Waals surface area contributed by atoms with Crippen molar-refractivity contribution in [3.63, 3.8) is 0 Å². The minimum Gasteiger partial charge on any atom is -0.822 e.